The van der Waals surface area contributed by atoms with Gasteiger partial charge in [-0.05, 0) is 24.7 Å². The SMILES string of the molecule is CC(=O)OCC(=O)N1CCC(C(C)C)CC1. The first-order valence-corrected chi connectivity index (χ1v) is 5.92. The summed E-state index contributed by atoms with van der Waals surface area (Å²) in [6.07, 6.45) is 2.12. The minimum Gasteiger partial charge on any atom is -0.456 e. The van der Waals surface area contributed by atoms with Crippen molar-refractivity contribution in [3.63, 3.8) is 0 Å². The molecule has 1 amide bonds. The van der Waals surface area contributed by atoms with Gasteiger partial charge in [0.25, 0.3) is 5.91 Å². The molecule has 0 aromatic rings. The molecule has 0 spiro atoms. The summed E-state index contributed by atoms with van der Waals surface area (Å²) in [5.41, 5.74) is 0. The molecule has 92 valence electrons. The van der Waals surface area contributed by atoms with E-state index in [1.807, 2.05) is 0 Å². The highest BCUT2D eigenvalue weighted by Crippen LogP contribution is 2.24. The lowest BCUT2D eigenvalue weighted by Crippen LogP contribution is -2.41. The molecule has 1 fully saturated rings. The molecule has 1 rings (SSSR count). The Morgan fingerprint density at radius 2 is 1.88 bits per heavy atom. The van der Waals surface area contributed by atoms with Crippen molar-refractivity contribution in [3.05, 3.63) is 0 Å². The summed E-state index contributed by atoms with van der Waals surface area (Å²) in [6, 6.07) is 0. The maximum absolute atomic E-state index is 11.6. The van der Waals surface area contributed by atoms with Crippen LogP contribution in [-0.2, 0) is 14.3 Å². The molecule has 16 heavy (non-hydrogen) atoms. The van der Waals surface area contributed by atoms with Crippen LogP contribution in [0.2, 0.25) is 0 Å². The maximum Gasteiger partial charge on any atom is 0.303 e. The van der Waals surface area contributed by atoms with Crippen LogP contribution in [0.25, 0.3) is 0 Å². The highest BCUT2D eigenvalue weighted by molar-refractivity contribution is 5.80. The van der Waals surface area contributed by atoms with Crippen molar-refractivity contribution in [1.29, 1.82) is 0 Å². The van der Waals surface area contributed by atoms with E-state index in [0.29, 0.717) is 5.92 Å². The van der Waals surface area contributed by atoms with Crippen molar-refractivity contribution in [2.45, 2.75) is 33.6 Å². The predicted molar refractivity (Wildman–Crippen MR) is 60.8 cm³/mol. The summed E-state index contributed by atoms with van der Waals surface area (Å²) >= 11 is 0. The van der Waals surface area contributed by atoms with Gasteiger partial charge in [0.1, 0.15) is 0 Å². The van der Waals surface area contributed by atoms with E-state index in [2.05, 4.69) is 13.8 Å². The van der Waals surface area contributed by atoms with E-state index in [0.717, 1.165) is 31.8 Å². The van der Waals surface area contributed by atoms with Gasteiger partial charge in [0.2, 0.25) is 0 Å². The molecular weight excluding hydrogens is 206 g/mol. The van der Waals surface area contributed by atoms with Crippen LogP contribution in [0, 0.1) is 11.8 Å². The Labute approximate surface area is 96.9 Å². The largest absolute Gasteiger partial charge is 0.456 e. The quantitative estimate of drug-likeness (QED) is 0.685. The maximum atomic E-state index is 11.6. The minimum atomic E-state index is -0.398. The average molecular weight is 227 g/mol. The summed E-state index contributed by atoms with van der Waals surface area (Å²) in [7, 11) is 0. The van der Waals surface area contributed by atoms with E-state index in [9.17, 15) is 9.59 Å². The number of piperidine rings is 1. The first-order chi connectivity index (χ1) is 7.50. The molecule has 1 saturated heterocycles. The second-order valence-corrected chi connectivity index (χ2v) is 4.74. The zero-order chi connectivity index (χ0) is 12.1. The monoisotopic (exact) mass is 227 g/mol. The van der Waals surface area contributed by atoms with E-state index >= 15 is 0 Å². The Balaban J connectivity index is 2.30. The summed E-state index contributed by atoms with van der Waals surface area (Å²) in [4.78, 5) is 24.0. The van der Waals surface area contributed by atoms with Crippen molar-refractivity contribution in [3.8, 4) is 0 Å². The fourth-order valence-corrected chi connectivity index (χ4v) is 2.07. The molecule has 0 aromatic carbocycles. The second kappa shape index (κ2) is 5.87. The Hall–Kier alpha value is -1.06. The number of esters is 1. The first kappa shape index (κ1) is 13.0. The van der Waals surface area contributed by atoms with Crippen molar-refractivity contribution in [2.75, 3.05) is 19.7 Å². The van der Waals surface area contributed by atoms with Crippen LogP contribution in [0.5, 0.6) is 0 Å². The third-order valence-electron chi connectivity index (χ3n) is 3.23. The van der Waals surface area contributed by atoms with E-state index in [4.69, 9.17) is 4.74 Å². The lowest BCUT2D eigenvalue weighted by atomic mass is 9.87. The summed E-state index contributed by atoms with van der Waals surface area (Å²) in [5.74, 6) is 0.936. The Kier molecular flexibility index (Phi) is 4.77. The molecule has 0 N–H and O–H groups in total. The lowest BCUT2D eigenvalue weighted by Gasteiger charge is -2.33. The number of carbonyl (C=O) groups excluding carboxylic acids is 2. The first-order valence-electron chi connectivity index (χ1n) is 5.92. The highest BCUT2D eigenvalue weighted by atomic mass is 16.5. The number of likely N-dealkylation sites (tertiary alicyclic amines) is 1. The van der Waals surface area contributed by atoms with Crippen molar-refractivity contribution in [2.24, 2.45) is 11.8 Å². The van der Waals surface area contributed by atoms with Crippen LogP contribution in [-0.4, -0.2) is 36.5 Å². The van der Waals surface area contributed by atoms with Gasteiger partial charge < -0.3 is 9.64 Å². The molecule has 1 heterocycles. The minimum absolute atomic E-state index is 0.0718. The molecule has 1 aliphatic heterocycles. The second-order valence-electron chi connectivity index (χ2n) is 4.74. The van der Waals surface area contributed by atoms with Crippen molar-refractivity contribution in [1.82, 2.24) is 4.90 Å². The Bertz CT molecular complexity index is 255. The molecule has 0 aromatic heterocycles. The van der Waals surface area contributed by atoms with Gasteiger partial charge >= 0.3 is 5.97 Å². The van der Waals surface area contributed by atoms with Gasteiger partial charge in [-0.15, -0.1) is 0 Å². The van der Waals surface area contributed by atoms with Gasteiger partial charge in [0, 0.05) is 20.0 Å². The Morgan fingerprint density at radius 1 is 1.31 bits per heavy atom. The molecule has 0 atom stereocenters. The van der Waals surface area contributed by atoms with Crippen LogP contribution in [0.4, 0.5) is 0 Å². The van der Waals surface area contributed by atoms with Gasteiger partial charge in [-0.25, -0.2) is 0 Å². The van der Waals surface area contributed by atoms with Crippen molar-refractivity contribution >= 4 is 11.9 Å². The van der Waals surface area contributed by atoms with Crippen LogP contribution in [0.1, 0.15) is 33.6 Å². The third-order valence-corrected chi connectivity index (χ3v) is 3.23. The van der Waals surface area contributed by atoms with Gasteiger partial charge in [-0.3, -0.25) is 9.59 Å². The van der Waals surface area contributed by atoms with Gasteiger partial charge in [0.15, 0.2) is 6.61 Å². The van der Waals surface area contributed by atoms with E-state index in [-0.39, 0.29) is 12.5 Å². The van der Waals surface area contributed by atoms with Gasteiger partial charge in [-0.2, -0.15) is 0 Å². The van der Waals surface area contributed by atoms with Crippen LogP contribution >= 0.6 is 0 Å². The molecule has 4 nitrogen and oxygen atoms in total. The van der Waals surface area contributed by atoms with E-state index < -0.39 is 5.97 Å². The predicted octanol–water partition coefficient (Wildman–Crippen LogP) is 1.44. The number of hydrogen-bond donors (Lipinski definition) is 0. The van der Waals surface area contributed by atoms with E-state index in [1.54, 1.807) is 4.90 Å². The smallest absolute Gasteiger partial charge is 0.303 e. The Morgan fingerprint density at radius 3 is 2.31 bits per heavy atom. The number of ether oxygens (including phenoxy) is 1. The molecular formula is C12H21NO3. The van der Waals surface area contributed by atoms with Crippen LogP contribution in [0.3, 0.4) is 0 Å². The summed E-state index contributed by atoms with van der Waals surface area (Å²) in [5, 5.41) is 0. The summed E-state index contributed by atoms with van der Waals surface area (Å²) < 4.78 is 4.70. The zero-order valence-corrected chi connectivity index (χ0v) is 10.4. The van der Waals surface area contributed by atoms with Gasteiger partial charge in [0.05, 0.1) is 0 Å². The summed E-state index contributed by atoms with van der Waals surface area (Å²) in [6.45, 7) is 7.24. The normalized spacial score (nSPS) is 17.6. The van der Waals surface area contributed by atoms with Crippen LogP contribution in [0.15, 0.2) is 0 Å². The van der Waals surface area contributed by atoms with Crippen LogP contribution < -0.4 is 0 Å². The molecule has 4 heteroatoms. The van der Waals surface area contributed by atoms with Crippen molar-refractivity contribution < 1.29 is 14.3 Å². The number of carbonyl (C=O) groups is 2. The third kappa shape index (κ3) is 3.83. The molecule has 0 unspecified atom stereocenters. The number of rotatable bonds is 3. The number of hydrogen-bond acceptors (Lipinski definition) is 3. The topological polar surface area (TPSA) is 46.6 Å². The zero-order valence-electron chi connectivity index (χ0n) is 10.4. The number of amides is 1. The average Bonchev–Trinajstić information content (AvgIpc) is 2.26. The molecule has 0 radical (unpaired) electrons. The molecule has 0 bridgehead atoms. The molecule has 0 saturated carbocycles. The molecule has 0 aliphatic carbocycles. The standard InChI is InChI=1S/C12H21NO3/c1-9(2)11-4-6-13(7-5-11)12(15)8-16-10(3)14/h9,11H,4-8H2,1-3H3. The number of nitrogens with zero attached hydrogens (tertiary/aromatic N) is 1. The fourth-order valence-electron chi connectivity index (χ4n) is 2.07. The van der Waals surface area contributed by atoms with Gasteiger partial charge in [-0.1, -0.05) is 13.8 Å². The fraction of sp³-hybridized carbons (Fsp3) is 0.833. The molecule has 1 aliphatic rings. The highest BCUT2D eigenvalue weighted by Gasteiger charge is 2.24. The lowest BCUT2D eigenvalue weighted by molar-refractivity contribution is -0.150. The van der Waals surface area contributed by atoms with E-state index in [1.165, 1.54) is 6.92 Å².